The zero-order chi connectivity index (χ0) is 13.7. The maximum absolute atomic E-state index is 5.81. The Labute approximate surface area is 115 Å². The van der Waals surface area contributed by atoms with Crippen molar-refractivity contribution in [2.24, 2.45) is 0 Å². The van der Waals surface area contributed by atoms with E-state index in [-0.39, 0.29) is 0 Å². The van der Waals surface area contributed by atoms with Crippen LogP contribution in [0.25, 0.3) is 6.08 Å². The summed E-state index contributed by atoms with van der Waals surface area (Å²) in [6, 6.07) is 2.01. The Bertz CT molecular complexity index is 425. The smallest absolute Gasteiger partial charge is 0.236 e. The quantitative estimate of drug-likeness (QED) is 0.789. The van der Waals surface area contributed by atoms with Crippen LogP contribution in [0.5, 0.6) is 5.88 Å². The van der Waals surface area contributed by atoms with Crippen molar-refractivity contribution in [1.29, 1.82) is 0 Å². The number of rotatable bonds is 6. The summed E-state index contributed by atoms with van der Waals surface area (Å²) < 4.78 is 5.81. The molecule has 1 aliphatic rings. The van der Waals surface area contributed by atoms with Crippen molar-refractivity contribution in [3.05, 3.63) is 23.9 Å². The van der Waals surface area contributed by atoms with Gasteiger partial charge in [-0.15, -0.1) is 10.2 Å². The molecule has 0 aromatic carbocycles. The van der Waals surface area contributed by atoms with Crippen LogP contribution < -0.4 is 4.74 Å². The molecule has 2 rings (SSSR count). The molecule has 0 radical (unpaired) electrons. The molecule has 104 valence electrons. The minimum Gasteiger partial charge on any atom is -0.475 e. The van der Waals surface area contributed by atoms with Gasteiger partial charge in [-0.3, -0.25) is 4.90 Å². The van der Waals surface area contributed by atoms with E-state index >= 15 is 0 Å². The molecule has 0 amide bonds. The fourth-order valence-electron chi connectivity index (χ4n) is 2.31. The molecule has 0 unspecified atom stereocenters. The number of likely N-dealkylation sites (tertiary alicyclic amines) is 1. The first-order valence-corrected chi connectivity index (χ1v) is 7.06. The second-order valence-electron chi connectivity index (χ2n) is 5.29. The maximum atomic E-state index is 5.81. The van der Waals surface area contributed by atoms with Crippen LogP contribution in [-0.2, 0) is 0 Å². The molecule has 1 aliphatic heterocycles. The molecule has 1 aromatic heterocycles. The van der Waals surface area contributed by atoms with Gasteiger partial charge in [0.1, 0.15) is 6.61 Å². The summed E-state index contributed by atoms with van der Waals surface area (Å²) in [4.78, 5) is 2.43. The van der Waals surface area contributed by atoms with Crippen molar-refractivity contribution < 1.29 is 4.74 Å². The van der Waals surface area contributed by atoms with Gasteiger partial charge in [0.2, 0.25) is 5.88 Å². The highest BCUT2D eigenvalue weighted by Gasteiger charge is 2.14. The van der Waals surface area contributed by atoms with Crippen LogP contribution in [0, 0.1) is 0 Å². The lowest BCUT2D eigenvalue weighted by molar-refractivity contribution is 0.228. The summed E-state index contributed by atoms with van der Waals surface area (Å²) in [6.45, 7) is 12.0. The molecule has 1 saturated heterocycles. The Morgan fingerprint density at radius 1 is 1.37 bits per heavy atom. The summed E-state index contributed by atoms with van der Waals surface area (Å²) in [5.41, 5.74) is 1.90. The van der Waals surface area contributed by atoms with Crippen LogP contribution >= 0.6 is 0 Å². The van der Waals surface area contributed by atoms with Crippen LogP contribution in [0.1, 0.15) is 43.9 Å². The summed E-state index contributed by atoms with van der Waals surface area (Å²) >= 11 is 0. The van der Waals surface area contributed by atoms with Crippen molar-refractivity contribution in [3.8, 4) is 5.88 Å². The molecule has 4 heteroatoms. The SMILES string of the molecule is C=Cc1cc(C(C)C)c(OCCN2CCCC2)nn1. The van der Waals surface area contributed by atoms with Gasteiger partial charge in [-0.2, -0.15) is 0 Å². The molecule has 0 N–H and O–H groups in total. The van der Waals surface area contributed by atoms with Crippen LogP contribution in [0.15, 0.2) is 12.6 Å². The van der Waals surface area contributed by atoms with Crippen molar-refractivity contribution in [1.82, 2.24) is 15.1 Å². The standard InChI is InChI=1S/C15H23N3O/c1-4-13-11-14(12(2)3)15(17-16-13)19-10-9-18-7-5-6-8-18/h4,11-12H,1,5-10H2,2-3H3. The summed E-state index contributed by atoms with van der Waals surface area (Å²) in [5.74, 6) is 1.04. The predicted octanol–water partition coefficient (Wildman–Crippen LogP) is 2.72. The van der Waals surface area contributed by atoms with Gasteiger partial charge in [0.25, 0.3) is 0 Å². The number of hydrogen-bond acceptors (Lipinski definition) is 4. The van der Waals surface area contributed by atoms with Gasteiger partial charge in [0, 0.05) is 12.1 Å². The van der Waals surface area contributed by atoms with E-state index in [2.05, 4.69) is 35.5 Å². The number of ether oxygens (including phenoxy) is 1. The second kappa shape index (κ2) is 6.66. The third kappa shape index (κ3) is 3.77. The minimum atomic E-state index is 0.371. The van der Waals surface area contributed by atoms with E-state index in [1.54, 1.807) is 6.08 Å². The zero-order valence-corrected chi connectivity index (χ0v) is 11.9. The lowest BCUT2D eigenvalue weighted by Crippen LogP contribution is -2.25. The van der Waals surface area contributed by atoms with Crippen molar-refractivity contribution in [2.75, 3.05) is 26.2 Å². The minimum absolute atomic E-state index is 0.371. The monoisotopic (exact) mass is 261 g/mol. The van der Waals surface area contributed by atoms with E-state index in [1.807, 2.05) is 6.07 Å². The van der Waals surface area contributed by atoms with E-state index in [9.17, 15) is 0 Å². The highest BCUT2D eigenvalue weighted by molar-refractivity contribution is 5.44. The number of hydrogen-bond donors (Lipinski definition) is 0. The Morgan fingerprint density at radius 3 is 2.74 bits per heavy atom. The van der Waals surface area contributed by atoms with E-state index in [4.69, 9.17) is 4.74 Å². The van der Waals surface area contributed by atoms with E-state index in [1.165, 1.54) is 25.9 Å². The van der Waals surface area contributed by atoms with Crippen LogP contribution in [0.2, 0.25) is 0 Å². The fourth-order valence-corrected chi connectivity index (χ4v) is 2.31. The molecule has 0 atom stereocenters. The van der Waals surface area contributed by atoms with E-state index in [0.717, 1.165) is 17.8 Å². The van der Waals surface area contributed by atoms with Crippen molar-refractivity contribution >= 4 is 6.08 Å². The van der Waals surface area contributed by atoms with Gasteiger partial charge >= 0.3 is 0 Å². The highest BCUT2D eigenvalue weighted by atomic mass is 16.5. The predicted molar refractivity (Wildman–Crippen MR) is 77.4 cm³/mol. The zero-order valence-electron chi connectivity index (χ0n) is 11.9. The molecule has 19 heavy (non-hydrogen) atoms. The van der Waals surface area contributed by atoms with Gasteiger partial charge in [-0.25, -0.2) is 0 Å². The van der Waals surface area contributed by atoms with Crippen LogP contribution in [0.4, 0.5) is 0 Å². The third-order valence-electron chi connectivity index (χ3n) is 3.48. The molecule has 0 spiro atoms. The molecular formula is C15H23N3O. The van der Waals surface area contributed by atoms with Gasteiger partial charge in [-0.1, -0.05) is 20.4 Å². The van der Waals surface area contributed by atoms with E-state index in [0.29, 0.717) is 18.4 Å². The average Bonchev–Trinajstić information content (AvgIpc) is 2.92. The molecule has 1 aromatic rings. The molecule has 0 aliphatic carbocycles. The van der Waals surface area contributed by atoms with Gasteiger partial charge < -0.3 is 4.74 Å². The Balaban J connectivity index is 1.96. The maximum Gasteiger partial charge on any atom is 0.236 e. The average molecular weight is 261 g/mol. The Kier molecular flexibility index (Phi) is 4.91. The topological polar surface area (TPSA) is 38.2 Å². The Hall–Kier alpha value is -1.42. The van der Waals surface area contributed by atoms with Crippen LogP contribution in [-0.4, -0.2) is 41.3 Å². The molecule has 0 bridgehead atoms. The molecule has 0 saturated carbocycles. The van der Waals surface area contributed by atoms with Gasteiger partial charge in [0.05, 0.1) is 5.69 Å². The number of aromatic nitrogens is 2. The summed E-state index contributed by atoms with van der Waals surface area (Å²) in [7, 11) is 0. The molecular weight excluding hydrogens is 238 g/mol. The third-order valence-corrected chi connectivity index (χ3v) is 3.48. The molecule has 4 nitrogen and oxygen atoms in total. The van der Waals surface area contributed by atoms with Gasteiger partial charge in [0.15, 0.2) is 0 Å². The normalized spacial score (nSPS) is 15.9. The van der Waals surface area contributed by atoms with E-state index < -0.39 is 0 Å². The van der Waals surface area contributed by atoms with Crippen molar-refractivity contribution in [2.45, 2.75) is 32.6 Å². The van der Waals surface area contributed by atoms with Gasteiger partial charge in [-0.05, 0) is 44.0 Å². The lowest BCUT2D eigenvalue weighted by atomic mass is 10.0. The first-order valence-electron chi connectivity index (χ1n) is 7.06. The number of nitrogens with zero attached hydrogens (tertiary/aromatic N) is 3. The molecule has 1 fully saturated rings. The fraction of sp³-hybridized carbons (Fsp3) is 0.600. The van der Waals surface area contributed by atoms with Crippen molar-refractivity contribution in [3.63, 3.8) is 0 Å². The highest BCUT2D eigenvalue weighted by Crippen LogP contribution is 2.24. The summed E-state index contributed by atoms with van der Waals surface area (Å²) in [6.07, 6.45) is 4.34. The second-order valence-corrected chi connectivity index (χ2v) is 5.29. The summed E-state index contributed by atoms with van der Waals surface area (Å²) in [5, 5.41) is 8.26. The molecule has 2 heterocycles. The first-order chi connectivity index (χ1) is 9.20. The largest absolute Gasteiger partial charge is 0.475 e. The van der Waals surface area contributed by atoms with Crippen LogP contribution in [0.3, 0.4) is 0 Å². The lowest BCUT2D eigenvalue weighted by Gasteiger charge is -2.16. The Morgan fingerprint density at radius 2 is 2.11 bits per heavy atom. The first kappa shape index (κ1) is 14.0.